The standard InChI is InChI=1S/C20H23NO5/c1-12(2)10-25-19(23)16-15-8-9-20(26-15)11-21(18(22)17(16)20)13-6-4-5-7-14(13)24-3/h4-9,12,15-17H,10-11H2,1-3H3. The first-order chi connectivity index (χ1) is 12.5. The van der Waals surface area contributed by atoms with Crippen molar-refractivity contribution < 1.29 is 23.8 Å². The lowest BCUT2D eigenvalue weighted by Gasteiger charge is -2.23. The second kappa shape index (κ2) is 6.13. The van der Waals surface area contributed by atoms with E-state index in [0.717, 1.165) is 0 Å². The van der Waals surface area contributed by atoms with Gasteiger partial charge in [0.05, 0.1) is 38.0 Å². The van der Waals surface area contributed by atoms with E-state index in [1.807, 2.05) is 50.3 Å². The number of methoxy groups -OCH3 is 1. The number of ether oxygens (including phenoxy) is 3. The summed E-state index contributed by atoms with van der Waals surface area (Å²) < 4.78 is 16.9. The number of anilines is 1. The molecule has 3 aliphatic heterocycles. The van der Waals surface area contributed by atoms with Crippen LogP contribution in [0.2, 0.25) is 0 Å². The van der Waals surface area contributed by atoms with E-state index in [9.17, 15) is 9.59 Å². The van der Waals surface area contributed by atoms with Crippen molar-refractivity contribution in [3.05, 3.63) is 36.4 Å². The van der Waals surface area contributed by atoms with Crippen LogP contribution in [0, 0.1) is 17.8 Å². The molecule has 0 saturated carbocycles. The smallest absolute Gasteiger partial charge is 0.312 e. The Kier molecular flexibility index (Phi) is 4.03. The van der Waals surface area contributed by atoms with Crippen molar-refractivity contribution >= 4 is 17.6 Å². The van der Waals surface area contributed by atoms with Crippen molar-refractivity contribution in [2.75, 3.05) is 25.2 Å². The Bertz CT molecular complexity index is 773. The number of hydrogen-bond acceptors (Lipinski definition) is 5. The van der Waals surface area contributed by atoms with Gasteiger partial charge >= 0.3 is 5.97 Å². The minimum Gasteiger partial charge on any atom is -0.495 e. The number of hydrogen-bond donors (Lipinski definition) is 0. The van der Waals surface area contributed by atoms with Crippen molar-refractivity contribution in [2.24, 2.45) is 17.8 Å². The first-order valence-corrected chi connectivity index (χ1v) is 8.95. The Labute approximate surface area is 152 Å². The quantitative estimate of drug-likeness (QED) is 0.597. The molecule has 2 bridgehead atoms. The van der Waals surface area contributed by atoms with Crippen LogP contribution in [0.5, 0.6) is 5.75 Å². The number of para-hydroxylation sites is 2. The van der Waals surface area contributed by atoms with Gasteiger partial charge in [-0.3, -0.25) is 9.59 Å². The van der Waals surface area contributed by atoms with E-state index in [1.165, 1.54) is 0 Å². The summed E-state index contributed by atoms with van der Waals surface area (Å²) in [6.07, 6.45) is 3.43. The van der Waals surface area contributed by atoms with Gasteiger partial charge in [-0.05, 0) is 18.1 Å². The Balaban J connectivity index is 1.64. The van der Waals surface area contributed by atoms with Crippen LogP contribution in [-0.4, -0.2) is 43.8 Å². The van der Waals surface area contributed by atoms with E-state index in [1.54, 1.807) is 12.0 Å². The molecule has 0 aromatic heterocycles. The summed E-state index contributed by atoms with van der Waals surface area (Å²) in [6, 6.07) is 7.38. The Morgan fingerprint density at radius 2 is 2.15 bits per heavy atom. The number of carbonyl (C=O) groups excluding carboxylic acids is 2. The Morgan fingerprint density at radius 1 is 1.38 bits per heavy atom. The van der Waals surface area contributed by atoms with Crippen LogP contribution in [-0.2, 0) is 19.1 Å². The van der Waals surface area contributed by atoms with Crippen molar-refractivity contribution in [3.63, 3.8) is 0 Å². The molecule has 138 valence electrons. The summed E-state index contributed by atoms with van der Waals surface area (Å²) in [6.45, 7) is 4.68. The van der Waals surface area contributed by atoms with Crippen molar-refractivity contribution in [3.8, 4) is 5.75 Å². The monoisotopic (exact) mass is 357 g/mol. The van der Waals surface area contributed by atoms with Gasteiger partial charge < -0.3 is 19.1 Å². The Hall–Kier alpha value is -2.34. The average molecular weight is 357 g/mol. The van der Waals surface area contributed by atoms with Crippen molar-refractivity contribution in [1.82, 2.24) is 0 Å². The molecular formula is C20H23NO5. The third kappa shape index (κ3) is 2.43. The highest BCUT2D eigenvalue weighted by Crippen LogP contribution is 2.53. The SMILES string of the molecule is COc1ccccc1N1CC23C=CC(O2)C(C(=O)OCC(C)C)C3C1=O. The number of rotatable bonds is 5. The highest BCUT2D eigenvalue weighted by Gasteiger charge is 2.67. The summed E-state index contributed by atoms with van der Waals surface area (Å²) in [7, 11) is 1.58. The van der Waals surface area contributed by atoms with Gasteiger partial charge in [-0.15, -0.1) is 0 Å². The minimum atomic E-state index is -0.760. The lowest BCUT2D eigenvalue weighted by Crippen LogP contribution is -2.40. The van der Waals surface area contributed by atoms with Gasteiger partial charge in [0.25, 0.3) is 0 Å². The van der Waals surface area contributed by atoms with E-state index >= 15 is 0 Å². The summed E-state index contributed by atoms with van der Waals surface area (Å²) in [5.41, 5.74) is -0.0667. The van der Waals surface area contributed by atoms with Crippen molar-refractivity contribution in [2.45, 2.75) is 25.6 Å². The molecule has 1 aromatic rings. The topological polar surface area (TPSA) is 65.1 Å². The molecule has 6 nitrogen and oxygen atoms in total. The van der Waals surface area contributed by atoms with E-state index in [4.69, 9.17) is 14.2 Å². The van der Waals surface area contributed by atoms with Crippen LogP contribution in [0.1, 0.15) is 13.8 Å². The maximum atomic E-state index is 13.2. The van der Waals surface area contributed by atoms with Crippen LogP contribution < -0.4 is 9.64 Å². The first-order valence-electron chi connectivity index (χ1n) is 8.95. The number of amides is 1. The third-order valence-corrected chi connectivity index (χ3v) is 5.31. The largest absolute Gasteiger partial charge is 0.495 e. The number of esters is 1. The highest BCUT2D eigenvalue weighted by molar-refractivity contribution is 6.03. The number of nitrogens with zero attached hydrogens (tertiary/aromatic N) is 1. The van der Waals surface area contributed by atoms with Gasteiger partial charge in [-0.1, -0.05) is 38.1 Å². The molecule has 3 heterocycles. The Morgan fingerprint density at radius 3 is 2.88 bits per heavy atom. The second-order valence-corrected chi connectivity index (χ2v) is 7.52. The van der Waals surface area contributed by atoms with Crippen LogP contribution in [0.15, 0.2) is 36.4 Å². The van der Waals surface area contributed by atoms with E-state index in [-0.39, 0.29) is 23.9 Å². The lowest BCUT2D eigenvalue weighted by atomic mass is 9.77. The van der Waals surface area contributed by atoms with Gasteiger partial charge in [0.15, 0.2) is 0 Å². The molecule has 4 rings (SSSR count). The molecule has 26 heavy (non-hydrogen) atoms. The predicted molar refractivity (Wildman–Crippen MR) is 94.9 cm³/mol. The summed E-state index contributed by atoms with van der Waals surface area (Å²) in [4.78, 5) is 27.6. The highest BCUT2D eigenvalue weighted by atomic mass is 16.6. The second-order valence-electron chi connectivity index (χ2n) is 7.52. The zero-order valence-electron chi connectivity index (χ0n) is 15.2. The maximum absolute atomic E-state index is 13.2. The van der Waals surface area contributed by atoms with Gasteiger partial charge in [-0.25, -0.2) is 0 Å². The fourth-order valence-corrected chi connectivity index (χ4v) is 4.17. The number of carbonyl (C=O) groups is 2. The van der Waals surface area contributed by atoms with E-state index in [2.05, 4.69) is 0 Å². The molecule has 1 spiro atoms. The van der Waals surface area contributed by atoms with Crippen LogP contribution in [0.25, 0.3) is 0 Å². The molecule has 0 aliphatic carbocycles. The van der Waals surface area contributed by atoms with Gasteiger partial charge in [0.1, 0.15) is 17.3 Å². The molecule has 1 amide bonds. The molecule has 4 unspecified atom stereocenters. The molecule has 0 N–H and O–H groups in total. The predicted octanol–water partition coefficient (Wildman–Crippen LogP) is 2.18. The molecule has 3 aliphatic rings. The number of benzene rings is 1. The van der Waals surface area contributed by atoms with Crippen molar-refractivity contribution in [1.29, 1.82) is 0 Å². The summed E-state index contributed by atoms with van der Waals surface area (Å²) in [5.74, 6) is -0.752. The zero-order valence-corrected chi connectivity index (χ0v) is 15.2. The van der Waals surface area contributed by atoms with Crippen LogP contribution in [0.3, 0.4) is 0 Å². The first kappa shape index (κ1) is 17.1. The van der Waals surface area contributed by atoms with Crippen LogP contribution >= 0.6 is 0 Å². The normalized spacial score (nSPS) is 31.6. The number of fused-ring (bicyclic) bond motifs is 1. The minimum absolute atomic E-state index is 0.118. The van der Waals surface area contributed by atoms with E-state index < -0.39 is 17.4 Å². The molecule has 1 aromatic carbocycles. The van der Waals surface area contributed by atoms with E-state index in [0.29, 0.717) is 24.6 Å². The maximum Gasteiger partial charge on any atom is 0.312 e. The van der Waals surface area contributed by atoms with Gasteiger partial charge in [0, 0.05) is 0 Å². The molecule has 2 fully saturated rings. The zero-order chi connectivity index (χ0) is 18.5. The molecule has 6 heteroatoms. The average Bonchev–Trinajstić information content (AvgIpc) is 3.28. The summed E-state index contributed by atoms with van der Waals surface area (Å²) in [5, 5.41) is 0. The lowest BCUT2D eigenvalue weighted by molar-refractivity contribution is -0.153. The summed E-state index contributed by atoms with van der Waals surface area (Å²) >= 11 is 0. The third-order valence-electron chi connectivity index (χ3n) is 5.31. The fourth-order valence-electron chi connectivity index (χ4n) is 4.17. The molecular weight excluding hydrogens is 334 g/mol. The molecule has 4 atom stereocenters. The fraction of sp³-hybridized carbons (Fsp3) is 0.500. The molecule has 2 saturated heterocycles. The van der Waals surface area contributed by atoms with Crippen LogP contribution in [0.4, 0.5) is 5.69 Å². The molecule has 0 radical (unpaired) electrons. The van der Waals surface area contributed by atoms with Gasteiger partial charge in [0.2, 0.25) is 5.91 Å². The van der Waals surface area contributed by atoms with Gasteiger partial charge in [-0.2, -0.15) is 0 Å².